The summed E-state index contributed by atoms with van der Waals surface area (Å²) in [5.41, 5.74) is 0.241. The zero-order chi connectivity index (χ0) is 11.3. The van der Waals surface area contributed by atoms with Crippen LogP contribution in [0.4, 0.5) is 0 Å². The smallest absolute Gasteiger partial charge is 0.0195 e. The minimum atomic E-state index is 0.241. The van der Waals surface area contributed by atoms with Gasteiger partial charge < -0.3 is 15.5 Å². The van der Waals surface area contributed by atoms with Gasteiger partial charge in [0.25, 0.3) is 0 Å². The minimum Gasteiger partial charge on any atom is -0.311 e. The van der Waals surface area contributed by atoms with Crippen molar-refractivity contribution in [3.63, 3.8) is 0 Å². The molecule has 1 atom stereocenters. The van der Waals surface area contributed by atoms with Crippen molar-refractivity contribution in [2.75, 3.05) is 33.2 Å². The Bertz CT molecular complexity index is 174. The molecule has 1 aliphatic heterocycles. The van der Waals surface area contributed by atoms with Gasteiger partial charge in [0.05, 0.1) is 0 Å². The van der Waals surface area contributed by atoms with Gasteiger partial charge >= 0.3 is 0 Å². The van der Waals surface area contributed by atoms with E-state index in [0.29, 0.717) is 6.04 Å². The Hall–Kier alpha value is -0.120. The summed E-state index contributed by atoms with van der Waals surface area (Å²) in [6.45, 7) is 11.2. The number of rotatable bonds is 4. The van der Waals surface area contributed by atoms with Crippen LogP contribution in [-0.4, -0.2) is 49.7 Å². The lowest BCUT2D eigenvalue weighted by Crippen LogP contribution is -2.47. The summed E-state index contributed by atoms with van der Waals surface area (Å²) < 4.78 is 0. The lowest BCUT2D eigenvalue weighted by Gasteiger charge is -2.30. The molecule has 0 aliphatic carbocycles. The van der Waals surface area contributed by atoms with Crippen molar-refractivity contribution < 1.29 is 0 Å². The second-order valence-electron chi connectivity index (χ2n) is 5.73. The number of likely N-dealkylation sites (tertiary alicyclic amines) is 1. The zero-order valence-corrected chi connectivity index (χ0v) is 10.8. The average molecular weight is 213 g/mol. The summed E-state index contributed by atoms with van der Waals surface area (Å²) in [5, 5.41) is 7.12. The molecule has 0 aromatic heterocycles. The van der Waals surface area contributed by atoms with Crippen molar-refractivity contribution in [3.8, 4) is 0 Å². The predicted molar refractivity (Wildman–Crippen MR) is 66.3 cm³/mol. The monoisotopic (exact) mass is 213 g/mol. The number of nitrogens with zero attached hydrogens (tertiary/aromatic N) is 1. The first-order chi connectivity index (χ1) is 6.97. The quantitative estimate of drug-likeness (QED) is 0.684. The van der Waals surface area contributed by atoms with Gasteiger partial charge in [-0.1, -0.05) is 0 Å². The van der Waals surface area contributed by atoms with E-state index in [1.54, 1.807) is 0 Å². The van der Waals surface area contributed by atoms with Crippen LogP contribution >= 0.6 is 0 Å². The summed E-state index contributed by atoms with van der Waals surface area (Å²) in [4.78, 5) is 2.42. The molecule has 1 unspecified atom stereocenters. The van der Waals surface area contributed by atoms with E-state index in [1.807, 2.05) is 0 Å². The van der Waals surface area contributed by atoms with Crippen molar-refractivity contribution in [2.45, 2.75) is 45.2 Å². The molecule has 0 bridgehead atoms. The number of piperidine rings is 1. The SMILES string of the molecule is CN1CCCC(NCCNC(C)(C)C)C1. The minimum absolute atomic E-state index is 0.241. The Morgan fingerprint density at radius 1 is 1.27 bits per heavy atom. The third-order valence-electron chi connectivity index (χ3n) is 2.84. The second-order valence-corrected chi connectivity index (χ2v) is 5.73. The van der Waals surface area contributed by atoms with Crippen molar-refractivity contribution in [3.05, 3.63) is 0 Å². The lowest BCUT2D eigenvalue weighted by molar-refractivity contribution is 0.226. The van der Waals surface area contributed by atoms with Crippen molar-refractivity contribution in [2.24, 2.45) is 0 Å². The molecular weight excluding hydrogens is 186 g/mol. The van der Waals surface area contributed by atoms with Gasteiger partial charge in [-0.2, -0.15) is 0 Å². The molecule has 15 heavy (non-hydrogen) atoms. The standard InChI is InChI=1S/C12H27N3/c1-12(2,3)14-8-7-13-11-6-5-9-15(4)10-11/h11,13-14H,5-10H2,1-4H3. The van der Waals surface area contributed by atoms with Crippen molar-refractivity contribution >= 4 is 0 Å². The van der Waals surface area contributed by atoms with E-state index in [0.717, 1.165) is 13.1 Å². The Labute approximate surface area is 94.6 Å². The van der Waals surface area contributed by atoms with Crippen LogP contribution in [0.3, 0.4) is 0 Å². The number of nitrogens with one attached hydrogen (secondary N) is 2. The Morgan fingerprint density at radius 3 is 2.60 bits per heavy atom. The molecule has 3 nitrogen and oxygen atoms in total. The average Bonchev–Trinajstić information content (AvgIpc) is 2.11. The second kappa shape index (κ2) is 5.83. The third-order valence-corrected chi connectivity index (χ3v) is 2.84. The summed E-state index contributed by atoms with van der Waals surface area (Å²) in [6.07, 6.45) is 2.67. The largest absolute Gasteiger partial charge is 0.311 e. The zero-order valence-electron chi connectivity index (χ0n) is 10.8. The van der Waals surface area contributed by atoms with Crippen molar-refractivity contribution in [1.29, 1.82) is 0 Å². The van der Waals surface area contributed by atoms with E-state index >= 15 is 0 Å². The van der Waals surface area contributed by atoms with E-state index in [1.165, 1.54) is 25.9 Å². The molecule has 1 heterocycles. The van der Waals surface area contributed by atoms with Crippen LogP contribution in [0.15, 0.2) is 0 Å². The summed E-state index contributed by atoms with van der Waals surface area (Å²) in [6, 6.07) is 0.700. The van der Waals surface area contributed by atoms with Gasteiger partial charge in [0, 0.05) is 31.2 Å². The Balaban J connectivity index is 2.04. The molecule has 0 aromatic rings. The molecule has 1 fully saturated rings. The van der Waals surface area contributed by atoms with Gasteiger partial charge in [-0.05, 0) is 47.2 Å². The van der Waals surface area contributed by atoms with Crippen LogP contribution in [0, 0.1) is 0 Å². The molecule has 0 amide bonds. The molecular formula is C12H27N3. The topological polar surface area (TPSA) is 27.3 Å². The van der Waals surface area contributed by atoms with Crippen LogP contribution in [0.25, 0.3) is 0 Å². The van der Waals surface area contributed by atoms with Gasteiger partial charge in [0.2, 0.25) is 0 Å². The Morgan fingerprint density at radius 2 is 2.00 bits per heavy atom. The van der Waals surface area contributed by atoms with E-state index in [2.05, 4.69) is 43.4 Å². The normalized spacial score (nSPS) is 24.4. The summed E-state index contributed by atoms with van der Waals surface area (Å²) >= 11 is 0. The van der Waals surface area contributed by atoms with Gasteiger partial charge in [-0.15, -0.1) is 0 Å². The molecule has 2 N–H and O–H groups in total. The van der Waals surface area contributed by atoms with Crippen LogP contribution in [-0.2, 0) is 0 Å². The molecule has 3 heteroatoms. The van der Waals surface area contributed by atoms with Crippen LogP contribution in [0.1, 0.15) is 33.6 Å². The number of hydrogen-bond acceptors (Lipinski definition) is 3. The molecule has 1 saturated heterocycles. The lowest BCUT2D eigenvalue weighted by atomic mass is 10.1. The summed E-state index contributed by atoms with van der Waals surface area (Å²) in [5.74, 6) is 0. The number of hydrogen-bond donors (Lipinski definition) is 2. The highest BCUT2D eigenvalue weighted by molar-refractivity contribution is 4.77. The first-order valence-electron chi connectivity index (χ1n) is 6.14. The van der Waals surface area contributed by atoms with E-state index in [9.17, 15) is 0 Å². The highest BCUT2D eigenvalue weighted by Crippen LogP contribution is 2.07. The maximum Gasteiger partial charge on any atom is 0.0195 e. The van der Waals surface area contributed by atoms with E-state index in [-0.39, 0.29) is 5.54 Å². The maximum absolute atomic E-state index is 3.62. The highest BCUT2D eigenvalue weighted by Gasteiger charge is 2.16. The molecule has 0 radical (unpaired) electrons. The van der Waals surface area contributed by atoms with Gasteiger partial charge in [0.15, 0.2) is 0 Å². The number of likely N-dealkylation sites (N-methyl/N-ethyl adjacent to an activating group) is 1. The van der Waals surface area contributed by atoms with Gasteiger partial charge in [0.1, 0.15) is 0 Å². The van der Waals surface area contributed by atoms with Crippen LogP contribution < -0.4 is 10.6 Å². The fraction of sp³-hybridized carbons (Fsp3) is 1.00. The maximum atomic E-state index is 3.62. The fourth-order valence-corrected chi connectivity index (χ4v) is 2.05. The Kier molecular flexibility index (Phi) is 5.03. The van der Waals surface area contributed by atoms with Crippen molar-refractivity contribution in [1.82, 2.24) is 15.5 Å². The molecule has 0 saturated carbocycles. The third kappa shape index (κ3) is 6.13. The first-order valence-corrected chi connectivity index (χ1v) is 6.14. The first kappa shape index (κ1) is 12.9. The predicted octanol–water partition coefficient (Wildman–Crippen LogP) is 1.06. The molecule has 1 rings (SSSR count). The van der Waals surface area contributed by atoms with Gasteiger partial charge in [-0.25, -0.2) is 0 Å². The summed E-state index contributed by atoms with van der Waals surface area (Å²) in [7, 11) is 2.21. The highest BCUT2D eigenvalue weighted by atomic mass is 15.1. The molecule has 0 aromatic carbocycles. The van der Waals surface area contributed by atoms with Crippen LogP contribution in [0.2, 0.25) is 0 Å². The van der Waals surface area contributed by atoms with Crippen LogP contribution in [0.5, 0.6) is 0 Å². The molecule has 0 spiro atoms. The van der Waals surface area contributed by atoms with E-state index in [4.69, 9.17) is 0 Å². The molecule has 90 valence electrons. The molecule has 1 aliphatic rings. The van der Waals surface area contributed by atoms with E-state index < -0.39 is 0 Å². The van der Waals surface area contributed by atoms with Gasteiger partial charge in [-0.3, -0.25) is 0 Å². The fourth-order valence-electron chi connectivity index (χ4n) is 2.05.